The third-order valence-electron chi connectivity index (χ3n) is 2.20. The maximum absolute atomic E-state index is 10.2. The van der Waals surface area contributed by atoms with E-state index >= 15 is 0 Å². The predicted octanol–water partition coefficient (Wildman–Crippen LogP) is 3.69. The summed E-state index contributed by atoms with van der Waals surface area (Å²) in [6.45, 7) is 0. The summed E-state index contributed by atoms with van der Waals surface area (Å²) in [5, 5.41) is 10.2. The Morgan fingerprint density at radius 1 is 1.06 bits per heavy atom. The first-order valence-corrected chi connectivity index (χ1v) is 6.29. The Morgan fingerprint density at radius 3 is 2.31 bits per heavy atom. The van der Waals surface area contributed by atoms with Crippen LogP contribution in [0.4, 0.5) is 0 Å². The average molecular weight is 343 g/mol. The van der Waals surface area contributed by atoms with Gasteiger partial charge in [0.05, 0.1) is 0 Å². The minimum Gasteiger partial charge on any atom is -0.384 e. The van der Waals surface area contributed by atoms with Crippen LogP contribution in [0.5, 0.6) is 0 Å². The fraction of sp³-hybridized carbons (Fsp3) is 0.0833. The van der Waals surface area contributed by atoms with Crippen molar-refractivity contribution in [2.24, 2.45) is 0 Å². The van der Waals surface area contributed by atoms with Crippen LogP contribution in [-0.4, -0.2) is 10.1 Å². The van der Waals surface area contributed by atoms with Gasteiger partial charge in [-0.1, -0.05) is 37.9 Å². The van der Waals surface area contributed by atoms with E-state index in [-0.39, 0.29) is 0 Å². The number of pyridine rings is 1. The minimum atomic E-state index is -0.650. The quantitative estimate of drug-likeness (QED) is 0.902. The number of aromatic nitrogens is 1. The lowest BCUT2D eigenvalue weighted by Crippen LogP contribution is -1.99. The molecule has 0 aliphatic carbocycles. The second-order valence-corrected chi connectivity index (χ2v) is 5.22. The number of benzene rings is 1. The highest BCUT2D eigenvalue weighted by Gasteiger charge is 2.11. The summed E-state index contributed by atoms with van der Waals surface area (Å²) < 4.78 is 1.86. The van der Waals surface area contributed by atoms with E-state index in [4.69, 9.17) is 0 Å². The third-order valence-corrected chi connectivity index (χ3v) is 3.12. The van der Waals surface area contributed by atoms with Crippen LogP contribution in [0.15, 0.2) is 51.7 Å². The van der Waals surface area contributed by atoms with Gasteiger partial charge in [-0.05, 0) is 29.8 Å². The van der Waals surface area contributed by atoms with Crippen molar-refractivity contribution in [3.8, 4) is 0 Å². The molecule has 0 spiro atoms. The number of hydrogen-bond donors (Lipinski definition) is 1. The molecule has 2 aromatic rings. The summed E-state index contributed by atoms with van der Waals surface area (Å²) in [7, 11) is 0. The average Bonchev–Trinajstić information content (AvgIpc) is 2.28. The van der Waals surface area contributed by atoms with Gasteiger partial charge >= 0.3 is 0 Å². The van der Waals surface area contributed by atoms with Crippen LogP contribution in [0.3, 0.4) is 0 Å². The largest absolute Gasteiger partial charge is 0.384 e. The lowest BCUT2D eigenvalue weighted by atomic mass is 10.0. The van der Waals surface area contributed by atoms with Crippen molar-refractivity contribution < 1.29 is 5.11 Å². The Kier molecular flexibility index (Phi) is 3.74. The van der Waals surface area contributed by atoms with Gasteiger partial charge in [-0.25, -0.2) is 0 Å². The van der Waals surface area contributed by atoms with Gasteiger partial charge in [0.1, 0.15) is 6.10 Å². The fourth-order valence-electron chi connectivity index (χ4n) is 1.46. The maximum atomic E-state index is 10.2. The topological polar surface area (TPSA) is 33.1 Å². The summed E-state index contributed by atoms with van der Waals surface area (Å²) in [4.78, 5) is 3.99. The summed E-state index contributed by atoms with van der Waals surface area (Å²) in [5.41, 5.74) is 1.61. The van der Waals surface area contributed by atoms with Gasteiger partial charge in [0.2, 0.25) is 0 Å². The van der Waals surface area contributed by atoms with Crippen molar-refractivity contribution in [3.63, 3.8) is 0 Å². The van der Waals surface area contributed by atoms with Gasteiger partial charge in [0, 0.05) is 26.9 Å². The third kappa shape index (κ3) is 2.70. The second kappa shape index (κ2) is 5.08. The van der Waals surface area contributed by atoms with E-state index in [9.17, 15) is 5.11 Å². The van der Waals surface area contributed by atoms with E-state index in [0.717, 1.165) is 20.1 Å². The molecule has 82 valence electrons. The second-order valence-electron chi connectivity index (χ2n) is 3.39. The van der Waals surface area contributed by atoms with Crippen molar-refractivity contribution in [1.29, 1.82) is 0 Å². The molecule has 0 aliphatic rings. The highest BCUT2D eigenvalue weighted by Crippen LogP contribution is 2.27. The van der Waals surface area contributed by atoms with Crippen LogP contribution < -0.4 is 0 Å². The first kappa shape index (κ1) is 11.8. The lowest BCUT2D eigenvalue weighted by molar-refractivity contribution is 0.219. The Morgan fingerprint density at radius 2 is 1.75 bits per heavy atom. The van der Waals surface area contributed by atoms with Gasteiger partial charge in [-0.3, -0.25) is 4.98 Å². The van der Waals surface area contributed by atoms with Crippen LogP contribution in [0, 0.1) is 0 Å². The normalized spacial score (nSPS) is 12.4. The molecule has 1 heterocycles. The van der Waals surface area contributed by atoms with Gasteiger partial charge < -0.3 is 5.11 Å². The molecule has 1 unspecified atom stereocenters. The Labute approximate surface area is 111 Å². The van der Waals surface area contributed by atoms with Crippen molar-refractivity contribution in [2.75, 3.05) is 0 Å². The van der Waals surface area contributed by atoms with Crippen LogP contribution in [0.25, 0.3) is 0 Å². The van der Waals surface area contributed by atoms with Crippen LogP contribution in [0.2, 0.25) is 0 Å². The molecule has 2 rings (SSSR count). The molecule has 0 aliphatic heterocycles. The summed E-state index contributed by atoms with van der Waals surface area (Å²) in [6.07, 6.45) is 2.70. The van der Waals surface area contributed by atoms with Crippen molar-refractivity contribution in [3.05, 3.63) is 62.8 Å². The molecule has 2 nitrogen and oxygen atoms in total. The molecule has 1 atom stereocenters. The molecule has 0 bridgehead atoms. The van der Waals surface area contributed by atoms with Crippen LogP contribution >= 0.6 is 31.9 Å². The first-order valence-electron chi connectivity index (χ1n) is 4.71. The van der Waals surface area contributed by atoms with E-state index in [1.165, 1.54) is 0 Å². The molecule has 1 aromatic carbocycles. The van der Waals surface area contributed by atoms with Crippen molar-refractivity contribution in [1.82, 2.24) is 4.98 Å². The predicted molar refractivity (Wildman–Crippen MR) is 70.1 cm³/mol. The standard InChI is InChI=1S/C12H9Br2NO/c13-10-4-9(5-11(14)6-10)12(16)8-2-1-3-15-7-8/h1-7,12,16H. The molecule has 0 saturated heterocycles. The highest BCUT2D eigenvalue weighted by atomic mass is 79.9. The highest BCUT2D eigenvalue weighted by molar-refractivity contribution is 9.11. The Balaban J connectivity index is 2.37. The molecule has 1 N–H and O–H groups in total. The Bertz CT molecular complexity index is 467. The SMILES string of the molecule is OC(c1cccnc1)c1cc(Br)cc(Br)c1. The number of halogens is 2. The van der Waals surface area contributed by atoms with Gasteiger partial charge in [0.15, 0.2) is 0 Å². The molecule has 16 heavy (non-hydrogen) atoms. The lowest BCUT2D eigenvalue weighted by Gasteiger charge is -2.11. The molecular formula is C12H9Br2NO. The summed E-state index contributed by atoms with van der Waals surface area (Å²) in [6, 6.07) is 9.38. The number of aliphatic hydroxyl groups excluding tert-OH is 1. The number of hydrogen-bond acceptors (Lipinski definition) is 2. The van der Waals surface area contributed by atoms with Gasteiger partial charge in [-0.15, -0.1) is 0 Å². The van der Waals surface area contributed by atoms with Crippen molar-refractivity contribution in [2.45, 2.75) is 6.10 Å². The van der Waals surface area contributed by atoms with E-state index < -0.39 is 6.10 Å². The zero-order valence-corrected chi connectivity index (χ0v) is 11.4. The first-order chi connectivity index (χ1) is 7.66. The van der Waals surface area contributed by atoms with E-state index in [2.05, 4.69) is 36.8 Å². The number of aliphatic hydroxyl groups is 1. The molecule has 0 saturated carbocycles. The fourth-order valence-corrected chi connectivity index (χ4v) is 2.79. The monoisotopic (exact) mass is 341 g/mol. The van der Waals surface area contributed by atoms with Gasteiger partial charge in [0.25, 0.3) is 0 Å². The van der Waals surface area contributed by atoms with Crippen LogP contribution in [-0.2, 0) is 0 Å². The minimum absolute atomic E-state index is 0.650. The van der Waals surface area contributed by atoms with E-state index in [0.29, 0.717) is 0 Å². The molecular weight excluding hydrogens is 334 g/mol. The zero-order valence-electron chi connectivity index (χ0n) is 8.27. The number of nitrogens with zero attached hydrogens (tertiary/aromatic N) is 1. The number of rotatable bonds is 2. The molecule has 0 radical (unpaired) electrons. The molecule has 1 aromatic heterocycles. The van der Waals surface area contributed by atoms with Crippen molar-refractivity contribution >= 4 is 31.9 Å². The van der Waals surface area contributed by atoms with Gasteiger partial charge in [-0.2, -0.15) is 0 Å². The van der Waals surface area contributed by atoms with E-state index in [1.807, 2.05) is 30.3 Å². The zero-order chi connectivity index (χ0) is 11.5. The smallest absolute Gasteiger partial charge is 0.106 e. The molecule has 4 heteroatoms. The molecule has 0 amide bonds. The summed E-state index contributed by atoms with van der Waals surface area (Å²) >= 11 is 6.79. The maximum Gasteiger partial charge on any atom is 0.106 e. The summed E-state index contributed by atoms with van der Waals surface area (Å²) in [5.74, 6) is 0. The van der Waals surface area contributed by atoms with Crippen LogP contribution in [0.1, 0.15) is 17.2 Å². The Hall–Kier alpha value is -0.710. The van der Waals surface area contributed by atoms with E-state index in [1.54, 1.807) is 12.4 Å². The molecule has 0 fully saturated rings.